The molecule has 6 heteroatoms. The molecule has 98 valence electrons. The third-order valence-electron chi connectivity index (χ3n) is 2.60. The van der Waals surface area contributed by atoms with Gasteiger partial charge in [0, 0.05) is 24.2 Å². The van der Waals surface area contributed by atoms with E-state index in [0.29, 0.717) is 6.07 Å². The third kappa shape index (κ3) is 2.85. The van der Waals surface area contributed by atoms with Gasteiger partial charge in [0.25, 0.3) is 0 Å². The lowest BCUT2D eigenvalue weighted by atomic mass is 10.0. The van der Waals surface area contributed by atoms with Crippen LogP contribution in [0.4, 0.5) is 8.78 Å². The minimum absolute atomic E-state index is 0.0597. The van der Waals surface area contributed by atoms with Crippen LogP contribution in [0.15, 0.2) is 30.5 Å². The monoisotopic (exact) mass is 265 g/mol. The minimum Gasteiger partial charge on any atom is -0.477 e. The van der Waals surface area contributed by atoms with Gasteiger partial charge in [-0.05, 0) is 17.7 Å². The average Bonchev–Trinajstić information content (AvgIpc) is 2.82. The summed E-state index contributed by atoms with van der Waals surface area (Å²) in [7, 11) is 0. The minimum atomic E-state index is -1.19. The predicted molar refractivity (Wildman–Crippen MR) is 62.1 cm³/mol. The van der Waals surface area contributed by atoms with E-state index >= 15 is 0 Å². The lowest BCUT2D eigenvalue weighted by molar-refractivity contribution is 0.0691. The van der Waals surface area contributed by atoms with Gasteiger partial charge in [0.2, 0.25) is 0 Å². The van der Waals surface area contributed by atoms with E-state index in [2.05, 4.69) is 4.98 Å². The Labute approximate surface area is 106 Å². The normalized spacial score (nSPS) is 10.4. The number of carbonyl (C=O) groups excluding carboxylic acids is 1. The number of carbonyl (C=O) groups is 2. The smallest absolute Gasteiger partial charge is 0.352 e. The number of Topliss-reactive ketones (excluding diaryl/α,β-unsaturated/α-hetero) is 1. The van der Waals surface area contributed by atoms with Crippen LogP contribution < -0.4 is 0 Å². The van der Waals surface area contributed by atoms with Gasteiger partial charge in [-0.15, -0.1) is 0 Å². The second-order valence-electron chi connectivity index (χ2n) is 3.94. The Morgan fingerprint density at radius 3 is 2.53 bits per heavy atom. The molecule has 0 aliphatic carbocycles. The Hall–Kier alpha value is -2.50. The molecule has 1 aromatic heterocycles. The van der Waals surface area contributed by atoms with Crippen LogP contribution in [-0.4, -0.2) is 21.8 Å². The van der Waals surface area contributed by atoms with E-state index in [1.165, 1.54) is 18.3 Å². The zero-order valence-corrected chi connectivity index (χ0v) is 9.61. The molecule has 1 heterocycles. The van der Waals surface area contributed by atoms with Crippen LogP contribution in [0, 0.1) is 11.6 Å². The van der Waals surface area contributed by atoms with Crippen molar-refractivity contribution in [3.63, 3.8) is 0 Å². The van der Waals surface area contributed by atoms with E-state index in [4.69, 9.17) is 5.11 Å². The molecule has 2 rings (SSSR count). The van der Waals surface area contributed by atoms with Crippen molar-refractivity contribution >= 4 is 11.8 Å². The van der Waals surface area contributed by atoms with Gasteiger partial charge < -0.3 is 10.1 Å². The summed E-state index contributed by atoms with van der Waals surface area (Å²) in [4.78, 5) is 24.9. The van der Waals surface area contributed by atoms with E-state index in [1.807, 2.05) is 0 Å². The second-order valence-corrected chi connectivity index (χ2v) is 3.94. The SMILES string of the molecule is O=C(Cc1ccc(F)cc1F)c1c[nH]c(C(=O)O)c1. The zero-order chi connectivity index (χ0) is 14.0. The molecular formula is C13H9F2NO3. The molecule has 0 radical (unpaired) electrons. The number of carboxylic acids is 1. The number of carboxylic acid groups (broad SMARTS) is 1. The molecule has 19 heavy (non-hydrogen) atoms. The fraction of sp³-hybridized carbons (Fsp3) is 0.0769. The van der Waals surface area contributed by atoms with Crippen molar-refractivity contribution < 1.29 is 23.5 Å². The van der Waals surface area contributed by atoms with E-state index in [1.54, 1.807) is 0 Å². The Morgan fingerprint density at radius 1 is 1.21 bits per heavy atom. The molecule has 0 bridgehead atoms. The first kappa shape index (κ1) is 12.9. The van der Waals surface area contributed by atoms with Crippen molar-refractivity contribution in [2.75, 3.05) is 0 Å². The zero-order valence-electron chi connectivity index (χ0n) is 9.61. The first-order valence-corrected chi connectivity index (χ1v) is 5.36. The molecule has 0 saturated heterocycles. The summed E-state index contributed by atoms with van der Waals surface area (Å²) in [5, 5.41) is 8.70. The fourth-order valence-electron chi connectivity index (χ4n) is 1.62. The number of aromatic carboxylic acids is 1. The molecule has 0 aliphatic rings. The van der Waals surface area contributed by atoms with Crippen LogP contribution in [0.25, 0.3) is 0 Å². The molecule has 0 atom stereocenters. The van der Waals surface area contributed by atoms with Gasteiger partial charge in [0.05, 0.1) is 0 Å². The Balaban J connectivity index is 2.18. The molecule has 0 fully saturated rings. The first-order chi connectivity index (χ1) is 8.97. The van der Waals surface area contributed by atoms with Crippen LogP contribution in [0.1, 0.15) is 26.4 Å². The predicted octanol–water partition coefficient (Wildman–Crippen LogP) is 2.42. The number of H-pyrrole nitrogens is 1. The maximum atomic E-state index is 13.4. The highest BCUT2D eigenvalue weighted by Crippen LogP contribution is 2.14. The van der Waals surface area contributed by atoms with Crippen LogP contribution in [-0.2, 0) is 6.42 Å². The molecule has 0 spiro atoms. The van der Waals surface area contributed by atoms with Crippen LogP contribution in [0.2, 0.25) is 0 Å². The standard InChI is InChI=1S/C13H9F2NO3/c14-9-2-1-7(10(15)5-9)4-12(17)8-3-11(13(18)19)16-6-8/h1-3,5-6,16H,4H2,(H,18,19). The van der Waals surface area contributed by atoms with Crippen molar-refractivity contribution in [3.8, 4) is 0 Å². The highest BCUT2D eigenvalue weighted by Gasteiger charge is 2.14. The maximum absolute atomic E-state index is 13.4. The summed E-state index contributed by atoms with van der Waals surface area (Å²) in [5.41, 5.74) is 0.0773. The molecular weight excluding hydrogens is 256 g/mol. The van der Waals surface area contributed by atoms with Crippen LogP contribution in [0.3, 0.4) is 0 Å². The number of aromatic nitrogens is 1. The largest absolute Gasteiger partial charge is 0.477 e. The Bertz CT molecular complexity index is 649. The maximum Gasteiger partial charge on any atom is 0.352 e. The van der Waals surface area contributed by atoms with Gasteiger partial charge in [0.1, 0.15) is 17.3 Å². The third-order valence-corrected chi connectivity index (χ3v) is 2.60. The number of rotatable bonds is 4. The topological polar surface area (TPSA) is 70.2 Å². The number of halogens is 2. The van der Waals surface area contributed by atoms with E-state index < -0.39 is 23.4 Å². The summed E-state index contributed by atoms with van der Waals surface area (Å²) in [5.74, 6) is -3.16. The second kappa shape index (κ2) is 5.01. The first-order valence-electron chi connectivity index (χ1n) is 5.36. The molecule has 1 aromatic carbocycles. The van der Waals surface area contributed by atoms with Gasteiger partial charge in [-0.1, -0.05) is 6.07 Å². The van der Waals surface area contributed by atoms with Crippen molar-refractivity contribution in [2.45, 2.75) is 6.42 Å². The van der Waals surface area contributed by atoms with Crippen molar-refractivity contribution in [1.29, 1.82) is 0 Å². The summed E-state index contributed by atoms with van der Waals surface area (Å²) < 4.78 is 26.1. The summed E-state index contributed by atoms with van der Waals surface area (Å²) >= 11 is 0. The van der Waals surface area contributed by atoms with Gasteiger partial charge in [0.15, 0.2) is 5.78 Å². The van der Waals surface area contributed by atoms with E-state index in [0.717, 1.165) is 6.07 Å². The van der Waals surface area contributed by atoms with Crippen molar-refractivity contribution in [2.24, 2.45) is 0 Å². The van der Waals surface area contributed by atoms with Crippen LogP contribution >= 0.6 is 0 Å². The van der Waals surface area contributed by atoms with Gasteiger partial charge in [-0.3, -0.25) is 4.79 Å². The molecule has 2 N–H and O–H groups in total. The lowest BCUT2D eigenvalue weighted by Crippen LogP contribution is -2.04. The number of hydrogen-bond donors (Lipinski definition) is 2. The van der Waals surface area contributed by atoms with Crippen LogP contribution in [0.5, 0.6) is 0 Å². The number of benzene rings is 1. The number of aromatic amines is 1. The summed E-state index contributed by atoms with van der Waals surface area (Å²) in [6.45, 7) is 0. The van der Waals surface area contributed by atoms with Gasteiger partial charge in [-0.2, -0.15) is 0 Å². The van der Waals surface area contributed by atoms with Gasteiger partial charge in [-0.25, -0.2) is 13.6 Å². The van der Waals surface area contributed by atoms with E-state index in [9.17, 15) is 18.4 Å². The molecule has 2 aromatic rings. The Kier molecular flexibility index (Phi) is 3.41. The molecule has 0 unspecified atom stereocenters. The fourth-order valence-corrected chi connectivity index (χ4v) is 1.62. The molecule has 0 saturated carbocycles. The highest BCUT2D eigenvalue weighted by molar-refractivity contribution is 5.99. The molecule has 0 amide bonds. The quantitative estimate of drug-likeness (QED) is 0.834. The summed E-state index contributed by atoms with van der Waals surface area (Å²) in [6.07, 6.45) is 0.982. The number of ketones is 1. The lowest BCUT2D eigenvalue weighted by Gasteiger charge is -2.01. The van der Waals surface area contributed by atoms with Crippen molar-refractivity contribution in [3.05, 3.63) is 58.9 Å². The molecule has 4 nitrogen and oxygen atoms in total. The summed E-state index contributed by atoms with van der Waals surface area (Å²) in [6, 6.07) is 4.12. The van der Waals surface area contributed by atoms with Gasteiger partial charge >= 0.3 is 5.97 Å². The average molecular weight is 265 g/mol. The van der Waals surface area contributed by atoms with E-state index in [-0.39, 0.29) is 23.2 Å². The highest BCUT2D eigenvalue weighted by atomic mass is 19.1. The van der Waals surface area contributed by atoms with Crippen molar-refractivity contribution in [1.82, 2.24) is 4.98 Å². The Morgan fingerprint density at radius 2 is 1.95 bits per heavy atom. The molecule has 0 aliphatic heterocycles. The number of hydrogen-bond acceptors (Lipinski definition) is 2. The number of nitrogens with one attached hydrogen (secondary N) is 1.